The van der Waals surface area contributed by atoms with E-state index in [1.165, 1.54) is 11.8 Å². The van der Waals surface area contributed by atoms with Crippen molar-refractivity contribution in [2.75, 3.05) is 19.4 Å². The molecule has 0 aromatic heterocycles. The van der Waals surface area contributed by atoms with Gasteiger partial charge < -0.3 is 9.64 Å². The topological polar surface area (TPSA) is 46.6 Å². The molecule has 2 rings (SSSR count). The standard InChI is InChI=1S/C19H25NO3S/c1-5-23-18(21)17-11-14(9-10-16(17)13(2)3)7-6-8-15-12-24-19(22)20(15)4/h6,8-11,13,15H,5,7,12H2,1-4H3/b8-6+/t15-/m1/s1. The van der Waals surface area contributed by atoms with E-state index in [0.717, 1.165) is 23.3 Å². The lowest BCUT2D eigenvalue weighted by atomic mass is 9.94. The van der Waals surface area contributed by atoms with Crippen LogP contribution >= 0.6 is 11.8 Å². The predicted octanol–water partition coefficient (Wildman–Crippen LogP) is 4.25. The minimum Gasteiger partial charge on any atom is -0.462 e. The summed E-state index contributed by atoms with van der Waals surface area (Å²) < 4.78 is 5.18. The van der Waals surface area contributed by atoms with Gasteiger partial charge in [-0.3, -0.25) is 4.79 Å². The van der Waals surface area contributed by atoms with E-state index < -0.39 is 0 Å². The number of rotatable bonds is 6. The number of benzene rings is 1. The SMILES string of the molecule is CCOC(=O)c1cc(C/C=C/[C@@H]2CSC(=O)N2C)ccc1C(C)C. The lowest BCUT2D eigenvalue weighted by molar-refractivity contribution is 0.0524. The summed E-state index contributed by atoms with van der Waals surface area (Å²) in [6.07, 6.45) is 4.87. The van der Waals surface area contributed by atoms with Crippen LogP contribution in [-0.4, -0.2) is 41.6 Å². The maximum Gasteiger partial charge on any atom is 0.338 e. The zero-order chi connectivity index (χ0) is 17.7. The summed E-state index contributed by atoms with van der Waals surface area (Å²) in [5, 5.41) is 0.121. The lowest BCUT2D eigenvalue weighted by Crippen LogP contribution is -2.27. The molecule has 1 saturated heterocycles. The highest BCUT2D eigenvalue weighted by molar-refractivity contribution is 8.13. The van der Waals surface area contributed by atoms with Crippen molar-refractivity contribution in [2.24, 2.45) is 0 Å². The van der Waals surface area contributed by atoms with E-state index in [1.54, 1.807) is 4.90 Å². The molecule has 1 aromatic rings. The Morgan fingerprint density at radius 2 is 2.21 bits per heavy atom. The van der Waals surface area contributed by atoms with Crippen LogP contribution in [0.2, 0.25) is 0 Å². The summed E-state index contributed by atoms with van der Waals surface area (Å²) in [7, 11) is 1.83. The second kappa shape index (κ2) is 8.38. The quantitative estimate of drug-likeness (QED) is 0.570. The van der Waals surface area contributed by atoms with E-state index in [2.05, 4.69) is 32.1 Å². The Morgan fingerprint density at radius 3 is 2.79 bits per heavy atom. The Hall–Kier alpha value is -1.75. The van der Waals surface area contributed by atoms with Gasteiger partial charge in [-0.15, -0.1) is 0 Å². The van der Waals surface area contributed by atoms with Crippen LogP contribution in [0.4, 0.5) is 4.79 Å². The van der Waals surface area contributed by atoms with Crippen LogP contribution in [0.3, 0.4) is 0 Å². The summed E-state index contributed by atoms with van der Waals surface area (Å²) in [5.41, 5.74) is 2.73. The summed E-state index contributed by atoms with van der Waals surface area (Å²) >= 11 is 1.35. The van der Waals surface area contributed by atoms with E-state index in [4.69, 9.17) is 4.74 Å². The third-order valence-corrected chi connectivity index (χ3v) is 5.15. The summed E-state index contributed by atoms with van der Waals surface area (Å²) in [5.74, 6) is 0.806. The van der Waals surface area contributed by atoms with Gasteiger partial charge in [-0.2, -0.15) is 0 Å². The molecule has 0 saturated carbocycles. The van der Waals surface area contributed by atoms with Crippen molar-refractivity contribution < 1.29 is 14.3 Å². The minimum atomic E-state index is -0.260. The molecule has 0 aliphatic carbocycles. The molecule has 24 heavy (non-hydrogen) atoms. The maximum absolute atomic E-state index is 12.2. The maximum atomic E-state index is 12.2. The molecule has 1 heterocycles. The van der Waals surface area contributed by atoms with Gasteiger partial charge in [0.2, 0.25) is 0 Å². The molecule has 4 nitrogen and oxygen atoms in total. The van der Waals surface area contributed by atoms with Crippen molar-refractivity contribution >= 4 is 23.0 Å². The Morgan fingerprint density at radius 1 is 1.46 bits per heavy atom. The second-order valence-corrected chi connectivity index (χ2v) is 7.16. The van der Waals surface area contributed by atoms with Gasteiger partial charge in [0.25, 0.3) is 5.24 Å². The van der Waals surface area contributed by atoms with E-state index in [9.17, 15) is 9.59 Å². The van der Waals surface area contributed by atoms with Gasteiger partial charge in [0.15, 0.2) is 0 Å². The van der Waals surface area contributed by atoms with Crippen LogP contribution in [0, 0.1) is 0 Å². The minimum absolute atomic E-state index is 0.121. The molecular formula is C19H25NO3S. The Bertz CT molecular complexity index is 639. The normalized spacial score (nSPS) is 18.0. The molecule has 1 fully saturated rings. The fourth-order valence-electron chi connectivity index (χ4n) is 2.67. The first kappa shape index (κ1) is 18.6. The second-order valence-electron chi connectivity index (χ2n) is 6.18. The summed E-state index contributed by atoms with van der Waals surface area (Å²) in [6.45, 7) is 6.33. The van der Waals surface area contributed by atoms with Crippen molar-refractivity contribution in [3.05, 3.63) is 47.0 Å². The average molecular weight is 347 g/mol. The Kier molecular flexibility index (Phi) is 6.49. The molecule has 1 aromatic carbocycles. The Labute approximate surface area is 148 Å². The number of ether oxygens (including phenoxy) is 1. The van der Waals surface area contributed by atoms with Gasteiger partial charge in [0.1, 0.15) is 0 Å². The average Bonchev–Trinajstić information content (AvgIpc) is 2.87. The molecule has 0 unspecified atom stereocenters. The highest BCUT2D eigenvalue weighted by atomic mass is 32.2. The van der Waals surface area contributed by atoms with Crippen molar-refractivity contribution in [3.8, 4) is 0 Å². The van der Waals surface area contributed by atoms with Crippen molar-refractivity contribution in [1.82, 2.24) is 4.90 Å². The van der Waals surface area contributed by atoms with E-state index in [1.807, 2.05) is 26.1 Å². The first-order chi connectivity index (χ1) is 11.4. The van der Waals surface area contributed by atoms with Gasteiger partial charge in [-0.05, 0) is 36.5 Å². The van der Waals surface area contributed by atoms with Crippen LogP contribution in [0.1, 0.15) is 48.2 Å². The highest BCUT2D eigenvalue weighted by Gasteiger charge is 2.26. The lowest BCUT2D eigenvalue weighted by Gasteiger charge is -2.15. The molecule has 1 aliphatic rings. The van der Waals surface area contributed by atoms with Crippen LogP contribution in [-0.2, 0) is 11.2 Å². The molecule has 5 heteroatoms. The Balaban J connectivity index is 2.12. The molecule has 0 bridgehead atoms. The predicted molar refractivity (Wildman–Crippen MR) is 98.7 cm³/mol. The third-order valence-electron chi connectivity index (χ3n) is 4.11. The van der Waals surface area contributed by atoms with Crippen molar-refractivity contribution in [2.45, 2.75) is 39.2 Å². The number of carbonyl (C=O) groups excluding carboxylic acids is 2. The van der Waals surface area contributed by atoms with Gasteiger partial charge >= 0.3 is 5.97 Å². The zero-order valence-corrected chi connectivity index (χ0v) is 15.6. The molecular weight excluding hydrogens is 322 g/mol. The van der Waals surface area contributed by atoms with Gasteiger partial charge in [0, 0.05) is 12.8 Å². The van der Waals surface area contributed by atoms with Crippen LogP contribution < -0.4 is 0 Å². The third kappa shape index (κ3) is 4.41. The van der Waals surface area contributed by atoms with Gasteiger partial charge in [-0.25, -0.2) is 4.79 Å². The number of carbonyl (C=O) groups is 2. The molecule has 0 radical (unpaired) electrons. The highest BCUT2D eigenvalue weighted by Crippen LogP contribution is 2.24. The summed E-state index contributed by atoms with van der Waals surface area (Å²) in [4.78, 5) is 25.5. The number of allylic oxidation sites excluding steroid dienone is 1. The summed E-state index contributed by atoms with van der Waals surface area (Å²) in [6, 6.07) is 6.15. The number of amides is 1. The van der Waals surface area contributed by atoms with E-state index in [-0.39, 0.29) is 23.2 Å². The van der Waals surface area contributed by atoms with Crippen LogP contribution in [0.25, 0.3) is 0 Å². The number of thioether (sulfide) groups is 1. The zero-order valence-electron chi connectivity index (χ0n) is 14.7. The molecule has 1 amide bonds. The van der Waals surface area contributed by atoms with Crippen molar-refractivity contribution in [1.29, 1.82) is 0 Å². The molecule has 0 spiro atoms. The molecule has 0 N–H and O–H groups in total. The van der Waals surface area contributed by atoms with Crippen LogP contribution in [0.15, 0.2) is 30.4 Å². The van der Waals surface area contributed by atoms with E-state index >= 15 is 0 Å². The smallest absolute Gasteiger partial charge is 0.338 e. The fraction of sp³-hybridized carbons (Fsp3) is 0.474. The first-order valence-electron chi connectivity index (χ1n) is 8.30. The first-order valence-corrected chi connectivity index (χ1v) is 9.28. The molecule has 130 valence electrons. The molecule has 1 atom stereocenters. The number of hydrogen-bond donors (Lipinski definition) is 0. The van der Waals surface area contributed by atoms with Crippen LogP contribution in [0.5, 0.6) is 0 Å². The van der Waals surface area contributed by atoms with E-state index in [0.29, 0.717) is 12.2 Å². The monoisotopic (exact) mass is 347 g/mol. The van der Waals surface area contributed by atoms with Gasteiger partial charge in [0.05, 0.1) is 18.2 Å². The largest absolute Gasteiger partial charge is 0.462 e. The number of esters is 1. The van der Waals surface area contributed by atoms with Gasteiger partial charge in [-0.1, -0.05) is 49.9 Å². The number of nitrogens with zero attached hydrogens (tertiary/aromatic N) is 1. The number of hydrogen-bond acceptors (Lipinski definition) is 4. The van der Waals surface area contributed by atoms with Crippen molar-refractivity contribution in [3.63, 3.8) is 0 Å². The fourth-order valence-corrected chi connectivity index (χ4v) is 3.66. The molecule has 1 aliphatic heterocycles. The number of likely N-dealkylation sites (N-methyl/N-ethyl adjacent to an activating group) is 1.